The molecule has 2 aliphatic heterocycles. The number of benzene rings is 1. The first kappa shape index (κ1) is 25.9. The lowest BCUT2D eigenvalue weighted by atomic mass is 9.95. The Balaban J connectivity index is 0.00000341. The van der Waals surface area contributed by atoms with E-state index >= 15 is 0 Å². The standard InChI is InChI=1S/C24H39N5O.HI/c1-2-26-24(29-14-8-11-22(19-29)16-23(25)30)27-17-20-9-7-10-21(15-20)18-28-12-5-3-4-6-13-28;/h7,9-10,15,22H,2-6,8,11-14,16-19H2,1H3,(H2,25,30)(H,26,27);1H. The molecule has 6 nitrogen and oxygen atoms in total. The third-order valence-corrected chi connectivity index (χ3v) is 6.15. The normalized spacial score (nSPS) is 20.6. The summed E-state index contributed by atoms with van der Waals surface area (Å²) in [6, 6.07) is 8.88. The molecule has 0 aliphatic carbocycles. The van der Waals surface area contributed by atoms with Gasteiger partial charge in [-0.3, -0.25) is 9.69 Å². The molecule has 7 heteroatoms. The van der Waals surface area contributed by atoms with Crippen LogP contribution in [0.1, 0.15) is 63.0 Å². The third kappa shape index (κ3) is 8.96. The van der Waals surface area contributed by atoms with Gasteiger partial charge in [-0.05, 0) is 62.7 Å². The summed E-state index contributed by atoms with van der Waals surface area (Å²) >= 11 is 0. The summed E-state index contributed by atoms with van der Waals surface area (Å²) in [5, 5.41) is 3.44. The van der Waals surface area contributed by atoms with Crippen LogP contribution in [0.5, 0.6) is 0 Å². The van der Waals surface area contributed by atoms with Crippen molar-refractivity contribution in [2.45, 2.75) is 65.0 Å². The number of nitrogens with two attached hydrogens (primary N) is 1. The number of hydrogen-bond acceptors (Lipinski definition) is 3. The summed E-state index contributed by atoms with van der Waals surface area (Å²) in [6.45, 7) is 8.92. The van der Waals surface area contributed by atoms with Gasteiger partial charge >= 0.3 is 0 Å². The SMILES string of the molecule is CCNC(=NCc1cccc(CN2CCCCCC2)c1)N1CCCC(CC(N)=O)C1.I. The lowest BCUT2D eigenvalue weighted by molar-refractivity contribution is -0.119. The molecule has 3 rings (SSSR count). The van der Waals surface area contributed by atoms with E-state index in [2.05, 4.69) is 46.3 Å². The van der Waals surface area contributed by atoms with E-state index in [1.807, 2.05) is 0 Å². The number of guanidine groups is 1. The first-order valence-corrected chi connectivity index (χ1v) is 11.8. The van der Waals surface area contributed by atoms with Crippen molar-refractivity contribution < 1.29 is 4.79 Å². The maximum Gasteiger partial charge on any atom is 0.217 e. The van der Waals surface area contributed by atoms with Gasteiger partial charge in [-0.15, -0.1) is 24.0 Å². The smallest absolute Gasteiger partial charge is 0.217 e. The molecule has 1 aromatic rings. The van der Waals surface area contributed by atoms with Crippen LogP contribution in [0.4, 0.5) is 0 Å². The lowest BCUT2D eigenvalue weighted by Gasteiger charge is -2.34. The van der Waals surface area contributed by atoms with E-state index in [0.29, 0.717) is 18.9 Å². The molecular weight excluding hydrogens is 501 g/mol. The zero-order valence-electron chi connectivity index (χ0n) is 19.0. The Morgan fingerprint density at radius 1 is 1.13 bits per heavy atom. The van der Waals surface area contributed by atoms with Crippen LogP contribution in [0.15, 0.2) is 29.3 Å². The Labute approximate surface area is 205 Å². The quantitative estimate of drug-likeness (QED) is 0.314. The van der Waals surface area contributed by atoms with Crippen molar-refractivity contribution >= 4 is 35.8 Å². The van der Waals surface area contributed by atoms with Crippen LogP contribution in [-0.2, 0) is 17.9 Å². The molecule has 3 N–H and O–H groups in total. The molecule has 0 bridgehead atoms. The van der Waals surface area contributed by atoms with Crippen LogP contribution in [0.3, 0.4) is 0 Å². The fourth-order valence-corrected chi connectivity index (χ4v) is 4.68. The first-order chi connectivity index (χ1) is 14.6. The van der Waals surface area contributed by atoms with Crippen LogP contribution in [0, 0.1) is 5.92 Å². The number of aliphatic imine (C=N–C) groups is 1. The number of hydrogen-bond donors (Lipinski definition) is 2. The van der Waals surface area contributed by atoms with E-state index in [1.165, 1.54) is 49.9 Å². The first-order valence-electron chi connectivity index (χ1n) is 11.8. The van der Waals surface area contributed by atoms with Crippen molar-refractivity contribution in [3.05, 3.63) is 35.4 Å². The highest BCUT2D eigenvalue weighted by atomic mass is 127. The van der Waals surface area contributed by atoms with Crippen LogP contribution in [-0.4, -0.2) is 54.4 Å². The monoisotopic (exact) mass is 541 g/mol. The van der Waals surface area contributed by atoms with Crippen molar-refractivity contribution in [2.75, 3.05) is 32.7 Å². The number of nitrogens with zero attached hydrogens (tertiary/aromatic N) is 3. The summed E-state index contributed by atoms with van der Waals surface area (Å²) in [5.74, 6) is 1.08. The number of rotatable bonds is 7. The van der Waals surface area contributed by atoms with Crippen molar-refractivity contribution in [1.82, 2.24) is 15.1 Å². The molecule has 174 valence electrons. The van der Waals surface area contributed by atoms with Gasteiger partial charge in [0.05, 0.1) is 6.54 Å². The molecule has 1 aromatic carbocycles. The molecule has 0 aromatic heterocycles. The second-order valence-electron chi connectivity index (χ2n) is 8.81. The molecule has 0 radical (unpaired) electrons. The van der Waals surface area contributed by atoms with Gasteiger partial charge in [0.2, 0.25) is 5.91 Å². The Morgan fingerprint density at radius 3 is 2.58 bits per heavy atom. The highest BCUT2D eigenvalue weighted by Crippen LogP contribution is 2.20. The molecule has 31 heavy (non-hydrogen) atoms. The van der Waals surface area contributed by atoms with Crippen molar-refractivity contribution in [2.24, 2.45) is 16.6 Å². The van der Waals surface area contributed by atoms with Gasteiger partial charge in [0, 0.05) is 32.6 Å². The second kappa shape index (κ2) is 13.9. The Bertz CT molecular complexity index is 703. The molecule has 2 heterocycles. The van der Waals surface area contributed by atoms with Gasteiger partial charge in [0.15, 0.2) is 5.96 Å². The van der Waals surface area contributed by atoms with Crippen LogP contribution in [0.2, 0.25) is 0 Å². The fraction of sp³-hybridized carbons (Fsp3) is 0.667. The number of carbonyl (C=O) groups is 1. The highest BCUT2D eigenvalue weighted by Gasteiger charge is 2.23. The maximum absolute atomic E-state index is 11.3. The third-order valence-electron chi connectivity index (χ3n) is 6.15. The van der Waals surface area contributed by atoms with Gasteiger partial charge < -0.3 is 16.0 Å². The molecule has 1 amide bonds. The summed E-state index contributed by atoms with van der Waals surface area (Å²) < 4.78 is 0. The van der Waals surface area contributed by atoms with E-state index in [1.54, 1.807) is 0 Å². The van der Waals surface area contributed by atoms with Crippen molar-refractivity contribution in [3.63, 3.8) is 0 Å². The van der Waals surface area contributed by atoms with Gasteiger partial charge in [-0.25, -0.2) is 4.99 Å². The predicted molar refractivity (Wildman–Crippen MR) is 139 cm³/mol. The van der Waals surface area contributed by atoms with Gasteiger partial charge in [-0.1, -0.05) is 37.1 Å². The van der Waals surface area contributed by atoms with Gasteiger partial charge in [-0.2, -0.15) is 0 Å². The molecule has 1 unspecified atom stereocenters. The Morgan fingerprint density at radius 2 is 1.87 bits per heavy atom. The zero-order chi connectivity index (χ0) is 21.2. The van der Waals surface area contributed by atoms with Crippen LogP contribution in [0.25, 0.3) is 0 Å². The van der Waals surface area contributed by atoms with E-state index < -0.39 is 0 Å². The summed E-state index contributed by atoms with van der Waals surface area (Å²) in [7, 11) is 0. The molecule has 2 saturated heterocycles. The van der Waals surface area contributed by atoms with Crippen molar-refractivity contribution in [1.29, 1.82) is 0 Å². The Hall–Kier alpha value is -1.35. The maximum atomic E-state index is 11.3. The number of primary amides is 1. The molecule has 1 atom stereocenters. The van der Waals surface area contributed by atoms with Crippen molar-refractivity contribution in [3.8, 4) is 0 Å². The topological polar surface area (TPSA) is 74.0 Å². The summed E-state index contributed by atoms with van der Waals surface area (Å²) in [5.41, 5.74) is 8.06. The minimum atomic E-state index is -0.204. The number of nitrogens with one attached hydrogen (secondary N) is 1. The average Bonchev–Trinajstić information content (AvgIpc) is 3.00. The van der Waals surface area contributed by atoms with E-state index in [-0.39, 0.29) is 29.9 Å². The fourth-order valence-electron chi connectivity index (χ4n) is 4.68. The lowest BCUT2D eigenvalue weighted by Crippen LogP contribution is -2.47. The summed E-state index contributed by atoms with van der Waals surface area (Å²) in [4.78, 5) is 21.1. The summed E-state index contributed by atoms with van der Waals surface area (Å²) in [6.07, 6.45) is 8.00. The number of amides is 1. The van der Waals surface area contributed by atoms with E-state index in [9.17, 15) is 4.79 Å². The zero-order valence-corrected chi connectivity index (χ0v) is 21.4. The predicted octanol–water partition coefficient (Wildman–Crippen LogP) is 3.73. The minimum Gasteiger partial charge on any atom is -0.370 e. The second-order valence-corrected chi connectivity index (χ2v) is 8.81. The molecular formula is C24H40IN5O. The highest BCUT2D eigenvalue weighted by molar-refractivity contribution is 14.0. The Kier molecular flexibility index (Phi) is 11.6. The van der Waals surface area contributed by atoms with E-state index in [0.717, 1.165) is 45.0 Å². The number of piperidine rings is 1. The van der Waals surface area contributed by atoms with Crippen LogP contribution < -0.4 is 11.1 Å². The largest absolute Gasteiger partial charge is 0.370 e. The minimum absolute atomic E-state index is 0. The molecule has 0 spiro atoms. The molecule has 2 fully saturated rings. The number of carbonyl (C=O) groups excluding carboxylic acids is 1. The number of halogens is 1. The molecule has 2 aliphatic rings. The van der Waals surface area contributed by atoms with Gasteiger partial charge in [0.25, 0.3) is 0 Å². The van der Waals surface area contributed by atoms with Gasteiger partial charge in [0.1, 0.15) is 0 Å². The number of likely N-dealkylation sites (tertiary alicyclic amines) is 2. The van der Waals surface area contributed by atoms with E-state index in [4.69, 9.17) is 10.7 Å². The van der Waals surface area contributed by atoms with Crippen LogP contribution >= 0.6 is 24.0 Å². The molecule has 0 saturated carbocycles. The average molecular weight is 542 g/mol.